The molecule has 2 aromatic carbocycles. The molecule has 0 fully saturated rings. The Kier molecular flexibility index (Phi) is 2.91. The van der Waals surface area contributed by atoms with Gasteiger partial charge < -0.3 is 9.84 Å². The van der Waals surface area contributed by atoms with Gasteiger partial charge in [0, 0.05) is 11.4 Å². The van der Waals surface area contributed by atoms with Crippen molar-refractivity contribution in [2.24, 2.45) is 0 Å². The molecule has 19 heavy (non-hydrogen) atoms. The van der Waals surface area contributed by atoms with E-state index in [-0.39, 0.29) is 5.56 Å². The number of carbonyl (C=O) groups is 1. The molecule has 1 aliphatic heterocycles. The van der Waals surface area contributed by atoms with Crippen LogP contribution >= 0.6 is 11.6 Å². The first-order valence-corrected chi connectivity index (χ1v) is 6.32. The Labute approximate surface area is 115 Å². The van der Waals surface area contributed by atoms with Crippen LogP contribution in [0.1, 0.15) is 15.9 Å². The second-order valence-electron chi connectivity index (χ2n) is 4.42. The van der Waals surface area contributed by atoms with Crippen LogP contribution in [0.15, 0.2) is 36.4 Å². The Balaban J connectivity index is 2.14. The highest BCUT2D eigenvalue weighted by atomic mass is 35.5. The summed E-state index contributed by atoms with van der Waals surface area (Å²) in [6.45, 7) is 0.686. The normalized spacial score (nSPS) is 12.9. The van der Waals surface area contributed by atoms with Crippen LogP contribution in [-0.4, -0.2) is 17.7 Å². The van der Waals surface area contributed by atoms with Gasteiger partial charge in [-0.05, 0) is 41.0 Å². The van der Waals surface area contributed by atoms with Crippen molar-refractivity contribution in [1.29, 1.82) is 0 Å². The smallest absolute Gasteiger partial charge is 0.336 e. The SMILES string of the molecule is O=C(O)c1cc(Cl)ccc1-c1ccc2c(c1)CCO2. The van der Waals surface area contributed by atoms with E-state index in [1.165, 1.54) is 6.07 Å². The van der Waals surface area contributed by atoms with Gasteiger partial charge in [0.25, 0.3) is 0 Å². The zero-order valence-corrected chi connectivity index (χ0v) is 10.8. The van der Waals surface area contributed by atoms with Crippen LogP contribution in [0.2, 0.25) is 5.02 Å². The first-order chi connectivity index (χ1) is 9.15. The summed E-state index contributed by atoms with van der Waals surface area (Å²) < 4.78 is 5.45. The highest BCUT2D eigenvalue weighted by molar-refractivity contribution is 6.31. The van der Waals surface area contributed by atoms with Gasteiger partial charge in [-0.15, -0.1) is 0 Å². The number of hydrogen-bond acceptors (Lipinski definition) is 2. The van der Waals surface area contributed by atoms with Crippen molar-refractivity contribution in [2.75, 3.05) is 6.61 Å². The van der Waals surface area contributed by atoms with Crippen molar-refractivity contribution in [1.82, 2.24) is 0 Å². The largest absolute Gasteiger partial charge is 0.493 e. The number of halogens is 1. The summed E-state index contributed by atoms with van der Waals surface area (Å²) in [5, 5.41) is 9.68. The Bertz CT molecular complexity index is 664. The van der Waals surface area contributed by atoms with Crippen molar-refractivity contribution in [3.05, 3.63) is 52.5 Å². The lowest BCUT2D eigenvalue weighted by molar-refractivity contribution is 0.0697. The minimum atomic E-state index is -0.978. The molecule has 0 radical (unpaired) electrons. The van der Waals surface area contributed by atoms with Crippen molar-refractivity contribution in [3.63, 3.8) is 0 Å². The molecule has 3 nitrogen and oxygen atoms in total. The average Bonchev–Trinajstić information content (AvgIpc) is 2.85. The molecule has 1 aliphatic rings. The van der Waals surface area contributed by atoms with E-state index in [9.17, 15) is 9.90 Å². The van der Waals surface area contributed by atoms with E-state index in [2.05, 4.69) is 0 Å². The number of benzene rings is 2. The second kappa shape index (κ2) is 4.59. The van der Waals surface area contributed by atoms with Gasteiger partial charge in [-0.1, -0.05) is 23.7 Å². The van der Waals surface area contributed by atoms with Crippen LogP contribution in [0.25, 0.3) is 11.1 Å². The van der Waals surface area contributed by atoms with Gasteiger partial charge in [0.05, 0.1) is 12.2 Å². The maximum atomic E-state index is 11.3. The Morgan fingerprint density at radius 2 is 2.05 bits per heavy atom. The molecule has 0 unspecified atom stereocenters. The Hall–Kier alpha value is -2.00. The zero-order valence-electron chi connectivity index (χ0n) is 10.0. The molecule has 0 atom stereocenters. The van der Waals surface area contributed by atoms with E-state index in [0.29, 0.717) is 17.2 Å². The van der Waals surface area contributed by atoms with Gasteiger partial charge >= 0.3 is 5.97 Å². The fourth-order valence-corrected chi connectivity index (χ4v) is 2.47. The predicted octanol–water partition coefficient (Wildman–Crippen LogP) is 3.64. The minimum absolute atomic E-state index is 0.214. The molecule has 0 saturated heterocycles. The number of rotatable bonds is 2. The van der Waals surface area contributed by atoms with Crippen LogP contribution < -0.4 is 4.74 Å². The van der Waals surface area contributed by atoms with Gasteiger partial charge in [-0.3, -0.25) is 0 Å². The lowest BCUT2D eigenvalue weighted by Gasteiger charge is -2.08. The quantitative estimate of drug-likeness (QED) is 0.909. The van der Waals surface area contributed by atoms with Gasteiger partial charge in [-0.25, -0.2) is 4.79 Å². The van der Waals surface area contributed by atoms with E-state index in [4.69, 9.17) is 16.3 Å². The molecular formula is C15H11ClO3. The van der Waals surface area contributed by atoms with Gasteiger partial charge in [0.15, 0.2) is 0 Å². The third-order valence-electron chi connectivity index (χ3n) is 3.21. The van der Waals surface area contributed by atoms with Crippen LogP contribution in [0, 0.1) is 0 Å². The van der Waals surface area contributed by atoms with E-state index in [1.54, 1.807) is 12.1 Å². The first-order valence-electron chi connectivity index (χ1n) is 5.94. The summed E-state index contributed by atoms with van der Waals surface area (Å²) in [5.74, 6) is -0.0937. The van der Waals surface area contributed by atoms with E-state index >= 15 is 0 Å². The van der Waals surface area contributed by atoms with Crippen molar-refractivity contribution in [2.45, 2.75) is 6.42 Å². The minimum Gasteiger partial charge on any atom is -0.493 e. The number of aromatic carboxylic acids is 1. The topological polar surface area (TPSA) is 46.5 Å². The van der Waals surface area contributed by atoms with E-state index in [1.807, 2.05) is 18.2 Å². The standard InChI is InChI=1S/C15H11ClO3/c16-11-2-3-12(13(8-11)15(17)18)9-1-4-14-10(7-9)5-6-19-14/h1-4,7-8H,5-6H2,(H,17,18). The molecule has 2 aromatic rings. The summed E-state index contributed by atoms with van der Waals surface area (Å²) in [6.07, 6.45) is 0.860. The first kappa shape index (κ1) is 12.1. The highest BCUT2D eigenvalue weighted by Gasteiger charge is 2.16. The molecule has 1 N–H and O–H groups in total. The van der Waals surface area contributed by atoms with Crippen molar-refractivity contribution >= 4 is 17.6 Å². The fourth-order valence-electron chi connectivity index (χ4n) is 2.30. The summed E-state index contributed by atoms with van der Waals surface area (Å²) in [5.41, 5.74) is 2.88. The third-order valence-corrected chi connectivity index (χ3v) is 3.45. The lowest BCUT2D eigenvalue weighted by atomic mass is 9.97. The van der Waals surface area contributed by atoms with Crippen LogP contribution in [-0.2, 0) is 6.42 Å². The molecule has 0 amide bonds. The third kappa shape index (κ3) is 2.17. The molecule has 0 bridgehead atoms. The van der Waals surface area contributed by atoms with E-state index in [0.717, 1.165) is 23.3 Å². The van der Waals surface area contributed by atoms with Gasteiger partial charge in [0.1, 0.15) is 5.75 Å². The molecule has 96 valence electrons. The molecule has 0 spiro atoms. The van der Waals surface area contributed by atoms with E-state index < -0.39 is 5.97 Å². The van der Waals surface area contributed by atoms with Gasteiger partial charge in [-0.2, -0.15) is 0 Å². The molecule has 1 heterocycles. The lowest BCUT2D eigenvalue weighted by Crippen LogP contribution is -1.99. The van der Waals surface area contributed by atoms with Crippen molar-refractivity contribution in [3.8, 4) is 16.9 Å². The van der Waals surface area contributed by atoms with Crippen molar-refractivity contribution < 1.29 is 14.6 Å². The van der Waals surface area contributed by atoms with Gasteiger partial charge in [0.2, 0.25) is 0 Å². The number of carboxylic acid groups (broad SMARTS) is 1. The molecule has 0 aliphatic carbocycles. The molecule has 3 rings (SSSR count). The molecule has 0 saturated carbocycles. The fraction of sp³-hybridized carbons (Fsp3) is 0.133. The average molecular weight is 275 g/mol. The number of hydrogen-bond donors (Lipinski definition) is 1. The summed E-state index contributed by atoms with van der Waals surface area (Å²) in [4.78, 5) is 11.3. The number of carboxylic acids is 1. The number of fused-ring (bicyclic) bond motifs is 1. The zero-order chi connectivity index (χ0) is 13.4. The highest BCUT2D eigenvalue weighted by Crippen LogP contribution is 2.32. The molecule has 4 heteroatoms. The monoisotopic (exact) mass is 274 g/mol. The molecular weight excluding hydrogens is 264 g/mol. The van der Waals surface area contributed by atoms with Crippen LogP contribution in [0.5, 0.6) is 5.75 Å². The maximum Gasteiger partial charge on any atom is 0.336 e. The molecule has 0 aromatic heterocycles. The summed E-state index contributed by atoms with van der Waals surface area (Å²) >= 11 is 5.86. The Morgan fingerprint density at radius 3 is 2.84 bits per heavy atom. The Morgan fingerprint density at radius 1 is 1.21 bits per heavy atom. The van der Waals surface area contributed by atoms with Crippen LogP contribution in [0.3, 0.4) is 0 Å². The number of ether oxygens (including phenoxy) is 1. The second-order valence-corrected chi connectivity index (χ2v) is 4.85. The maximum absolute atomic E-state index is 11.3. The predicted molar refractivity (Wildman–Crippen MR) is 73.0 cm³/mol. The summed E-state index contributed by atoms with van der Waals surface area (Å²) in [7, 11) is 0. The van der Waals surface area contributed by atoms with Crippen LogP contribution in [0.4, 0.5) is 0 Å². The summed E-state index contributed by atoms with van der Waals surface area (Å²) in [6, 6.07) is 10.7.